The number of hydrogen-bond acceptors (Lipinski definition) is 3. The van der Waals surface area contributed by atoms with Gasteiger partial charge in [-0.15, -0.1) is 0 Å². The summed E-state index contributed by atoms with van der Waals surface area (Å²) in [5.74, 6) is 0.821. The number of nitrogens with zero attached hydrogens (tertiary/aromatic N) is 2. The highest BCUT2D eigenvalue weighted by molar-refractivity contribution is 8.00. The second kappa shape index (κ2) is 6.21. The van der Waals surface area contributed by atoms with Gasteiger partial charge in [-0.25, -0.2) is 4.39 Å². The van der Waals surface area contributed by atoms with Gasteiger partial charge >= 0.3 is 0 Å². The largest absolute Gasteiger partial charge is 0.297 e. The van der Waals surface area contributed by atoms with E-state index in [1.807, 2.05) is 17.8 Å². The summed E-state index contributed by atoms with van der Waals surface area (Å²) in [5.41, 5.74) is 1.30. The van der Waals surface area contributed by atoms with E-state index in [4.69, 9.17) is 5.26 Å². The van der Waals surface area contributed by atoms with E-state index in [9.17, 15) is 4.39 Å². The summed E-state index contributed by atoms with van der Waals surface area (Å²) < 4.78 is 13.3. The molecule has 0 saturated carbocycles. The van der Waals surface area contributed by atoms with Crippen LogP contribution in [0.3, 0.4) is 0 Å². The van der Waals surface area contributed by atoms with E-state index in [2.05, 4.69) is 11.8 Å². The molecule has 1 unspecified atom stereocenters. The Balaban J connectivity index is 2.05. The van der Waals surface area contributed by atoms with Crippen molar-refractivity contribution in [2.24, 2.45) is 0 Å². The number of thioether (sulfide) groups is 1. The molecule has 18 heavy (non-hydrogen) atoms. The van der Waals surface area contributed by atoms with Crippen LogP contribution in [0.5, 0.6) is 0 Å². The first-order valence-corrected chi connectivity index (χ1v) is 7.29. The van der Waals surface area contributed by atoms with E-state index in [0.717, 1.165) is 31.0 Å². The van der Waals surface area contributed by atoms with Gasteiger partial charge in [0.25, 0.3) is 0 Å². The predicted molar refractivity (Wildman–Crippen MR) is 72.9 cm³/mol. The SMILES string of the molecule is CCC1CN(Cc2cc(F)cc(C#N)c2)CCS1. The van der Waals surface area contributed by atoms with Crippen molar-refractivity contribution in [3.05, 3.63) is 35.1 Å². The van der Waals surface area contributed by atoms with Gasteiger partial charge in [0.1, 0.15) is 5.82 Å². The van der Waals surface area contributed by atoms with Crippen LogP contribution >= 0.6 is 11.8 Å². The van der Waals surface area contributed by atoms with Crippen molar-refractivity contribution in [1.82, 2.24) is 4.90 Å². The Morgan fingerprint density at radius 1 is 1.50 bits per heavy atom. The molecular weight excluding hydrogens is 247 g/mol. The van der Waals surface area contributed by atoms with Gasteiger partial charge < -0.3 is 0 Å². The second-order valence-corrected chi connectivity index (χ2v) is 6.00. The van der Waals surface area contributed by atoms with E-state index >= 15 is 0 Å². The molecular formula is C14H17FN2S. The minimum Gasteiger partial charge on any atom is -0.297 e. The molecule has 2 rings (SSSR count). The van der Waals surface area contributed by atoms with Crippen LogP contribution in [0, 0.1) is 17.1 Å². The lowest BCUT2D eigenvalue weighted by atomic mass is 10.1. The fraction of sp³-hybridized carbons (Fsp3) is 0.500. The Kier molecular flexibility index (Phi) is 4.62. The quantitative estimate of drug-likeness (QED) is 0.839. The molecule has 1 saturated heterocycles. The van der Waals surface area contributed by atoms with E-state index in [-0.39, 0.29) is 5.82 Å². The van der Waals surface area contributed by atoms with Gasteiger partial charge in [-0.05, 0) is 30.2 Å². The molecule has 1 aromatic carbocycles. The Labute approximate surface area is 112 Å². The molecule has 1 fully saturated rings. The minimum atomic E-state index is -0.317. The van der Waals surface area contributed by atoms with Crippen molar-refractivity contribution >= 4 is 11.8 Å². The van der Waals surface area contributed by atoms with E-state index < -0.39 is 0 Å². The molecule has 0 radical (unpaired) electrons. The summed E-state index contributed by atoms with van der Waals surface area (Å²) in [6, 6.07) is 6.60. The summed E-state index contributed by atoms with van der Waals surface area (Å²) in [4.78, 5) is 2.35. The predicted octanol–water partition coefficient (Wildman–Crippen LogP) is 3.02. The van der Waals surface area contributed by atoms with E-state index in [1.54, 1.807) is 6.07 Å². The average molecular weight is 264 g/mol. The Bertz CT molecular complexity index is 456. The van der Waals surface area contributed by atoms with Gasteiger partial charge in [-0.2, -0.15) is 17.0 Å². The fourth-order valence-corrected chi connectivity index (χ4v) is 3.48. The number of nitriles is 1. The van der Waals surface area contributed by atoms with Gasteiger partial charge in [-0.3, -0.25) is 4.90 Å². The number of benzene rings is 1. The molecule has 0 N–H and O–H groups in total. The van der Waals surface area contributed by atoms with Crippen LogP contribution in [0.2, 0.25) is 0 Å². The van der Waals surface area contributed by atoms with Gasteiger partial charge in [0.05, 0.1) is 11.6 Å². The third-order valence-corrected chi connectivity index (χ3v) is 4.54. The molecule has 1 aliphatic rings. The summed E-state index contributed by atoms with van der Waals surface area (Å²) in [6.45, 7) is 5.04. The zero-order chi connectivity index (χ0) is 13.0. The molecule has 4 heteroatoms. The normalized spacial score (nSPS) is 20.6. The van der Waals surface area contributed by atoms with Gasteiger partial charge in [-0.1, -0.05) is 6.92 Å². The number of halogens is 1. The zero-order valence-electron chi connectivity index (χ0n) is 10.5. The third-order valence-electron chi connectivity index (χ3n) is 3.17. The highest BCUT2D eigenvalue weighted by Crippen LogP contribution is 2.22. The molecule has 0 aromatic heterocycles. The van der Waals surface area contributed by atoms with Gasteiger partial charge in [0.15, 0.2) is 0 Å². The maximum absolute atomic E-state index is 13.3. The third kappa shape index (κ3) is 3.47. The molecule has 1 atom stereocenters. The first kappa shape index (κ1) is 13.4. The lowest BCUT2D eigenvalue weighted by molar-refractivity contribution is 0.273. The number of hydrogen-bond donors (Lipinski definition) is 0. The van der Waals surface area contributed by atoms with Crippen molar-refractivity contribution in [2.45, 2.75) is 25.1 Å². The smallest absolute Gasteiger partial charge is 0.124 e. The van der Waals surface area contributed by atoms with Crippen LogP contribution < -0.4 is 0 Å². The highest BCUT2D eigenvalue weighted by atomic mass is 32.2. The molecule has 0 amide bonds. The zero-order valence-corrected chi connectivity index (χ0v) is 11.3. The lowest BCUT2D eigenvalue weighted by Gasteiger charge is -2.31. The van der Waals surface area contributed by atoms with Crippen LogP contribution in [-0.4, -0.2) is 29.0 Å². The van der Waals surface area contributed by atoms with E-state index in [0.29, 0.717) is 10.8 Å². The Morgan fingerprint density at radius 2 is 2.33 bits per heavy atom. The van der Waals surface area contributed by atoms with Crippen LogP contribution in [0.4, 0.5) is 4.39 Å². The molecule has 1 aromatic rings. The molecule has 0 bridgehead atoms. The molecule has 0 spiro atoms. The fourth-order valence-electron chi connectivity index (χ4n) is 2.24. The summed E-state index contributed by atoms with van der Waals surface area (Å²) in [7, 11) is 0. The van der Waals surface area contributed by atoms with Gasteiger partial charge in [0.2, 0.25) is 0 Å². The van der Waals surface area contributed by atoms with Crippen molar-refractivity contribution < 1.29 is 4.39 Å². The summed E-state index contributed by atoms with van der Waals surface area (Å²) in [6.07, 6.45) is 1.17. The minimum absolute atomic E-state index is 0.317. The maximum Gasteiger partial charge on any atom is 0.124 e. The van der Waals surface area contributed by atoms with Gasteiger partial charge in [0, 0.05) is 30.6 Å². The van der Waals surface area contributed by atoms with Crippen LogP contribution in [0.1, 0.15) is 24.5 Å². The van der Waals surface area contributed by atoms with Crippen molar-refractivity contribution in [2.75, 3.05) is 18.8 Å². The average Bonchev–Trinajstić information content (AvgIpc) is 2.38. The monoisotopic (exact) mass is 264 g/mol. The van der Waals surface area contributed by atoms with Crippen molar-refractivity contribution in [3.63, 3.8) is 0 Å². The van der Waals surface area contributed by atoms with Crippen molar-refractivity contribution in [1.29, 1.82) is 5.26 Å². The molecule has 1 heterocycles. The topological polar surface area (TPSA) is 27.0 Å². The first-order chi connectivity index (χ1) is 8.71. The molecule has 96 valence electrons. The number of rotatable bonds is 3. The van der Waals surface area contributed by atoms with E-state index in [1.165, 1.54) is 18.6 Å². The standard InChI is InChI=1S/C14H17FN2S/c1-2-14-10-17(3-4-18-14)9-12-5-11(8-16)6-13(15)7-12/h5-7,14H,2-4,9-10H2,1H3. The van der Waals surface area contributed by atoms with Crippen LogP contribution in [0.25, 0.3) is 0 Å². The molecule has 0 aliphatic carbocycles. The Morgan fingerprint density at radius 3 is 3.06 bits per heavy atom. The van der Waals surface area contributed by atoms with Crippen LogP contribution in [-0.2, 0) is 6.54 Å². The second-order valence-electron chi connectivity index (χ2n) is 4.60. The highest BCUT2D eigenvalue weighted by Gasteiger charge is 2.19. The Hall–Kier alpha value is -1.05. The maximum atomic E-state index is 13.3. The molecule has 1 aliphatic heterocycles. The first-order valence-electron chi connectivity index (χ1n) is 6.24. The van der Waals surface area contributed by atoms with Crippen LogP contribution in [0.15, 0.2) is 18.2 Å². The summed E-state index contributed by atoms with van der Waals surface area (Å²) in [5, 5.41) is 9.52. The lowest BCUT2D eigenvalue weighted by Crippen LogP contribution is -2.37. The summed E-state index contributed by atoms with van der Waals surface area (Å²) >= 11 is 2.02. The van der Waals surface area contributed by atoms with Crippen molar-refractivity contribution in [3.8, 4) is 6.07 Å². The molecule has 2 nitrogen and oxygen atoms in total.